The molecule has 5 heterocycles. The van der Waals surface area contributed by atoms with Crippen molar-refractivity contribution >= 4 is 5.91 Å². The van der Waals surface area contributed by atoms with E-state index < -0.39 is 0 Å². The molecule has 0 saturated carbocycles. The average molecular weight is 412 g/mol. The van der Waals surface area contributed by atoms with Crippen LogP contribution in [-0.4, -0.2) is 64.8 Å². The molecular formula is C22H28N4O4. The van der Waals surface area contributed by atoms with Crippen LogP contribution < -0.4 is 5.56 Å². The van der Waals surface area contributed by atoms with E-state index in [4.69, 9.17) is 9.26 Å². The van der Waals surface area contributed by atoms with E-state index in [0.29, 0.717) is 37.9 Å². The van der Waals surface area contributed by atoms with Crippen LogP contribution in [0.25, 0.3) is 0 Å². The SMILES string of the molecule is Cc1cc(CC(=O)N2C[C@@H]3C[C@H](C2)c2ccc(CN4CCOCC4)c(=O)n2C3)on1. The van der Waals surface area contributed by atoms with Crippen molar-refractivity contribution < 1.29 is 14.1 Å². The van der Waals surface area contributed by atoms with E-state index >= 15 is 0 Å². The van der Waals surface area contributed by atoms with Crippen LogP contribution in [0.5, 0.6) is 0 Å². The Bertz CT molecular complexity index is 991. The monoisotopic (exact) mass is 412 g/mol. The van der Waals surface area contributed by atoms with E-state index in [1.54, 1.807) is 0 Å². The first-order valence-electron chi connectivity index (χ1n) is 10.8. The van der Waals surface area contributed by atoms with Gasteiger partial charge in [-0.3, -0.25) is 14.5 Å². The van der Waals surface area contributed by atoms with Crippen molar-refractivity contribution in [2.24, 2.45) is 5.92 Å². The number of piperidine rings is 1. The maximum absolute atomic E-state index is 13.2. The van der Waals surface area contributed by atoms with E-state index in [0.717, 1.165) is 49.7 Å². The molecule has 30 heavy (non-hydrogen) atoms. The quantitative estimate of drug-likeness (QED) is 0.750. The number of amides is 1. The van der Waals surface area contributed by atoms with Crippen molar-refractivity contribution in [3.63, 3.8) is 0 Å². The first-order valence-corrected chi connectivity index (χ1v) is 10.8. The molecule has 2 fully saturated rings. The number of rotatable bonds is 4. The highest BCUT2D eigenvalue weighted by atomic mass is 16.5. The number of nitrogens with zero attached hydrogens (tertiary/aromatic N) is 4. The first-order chi connectivity index (χ1) is 14.6. The molecule has 8 nitrogen and oxygen atoms in total. The Labute approximate surface area is 175 Å². The number of fused-ring (bicyclic) bond motifs is 4. The number of hydrogen-bond acceptors (Lipinski definition) is 6. The van der Waals surface area contributed by atoms with Gasteiger partial charge in [-0.15, -0.1) is 0 Å². The Morgan fingerprint density at radius 3 is 2.80 bits per heavy atom. The van der Waals surface area contributed by atoms with Gasteiger partial charge in [0.15, 0.2) is 0 Å². The average Bonchev–Trinajstić information content (AvgIpc) is 3.15. The van der Waals surface area contributed by atoms with E-state index in [2.05, 4.69) is 16.1 Å². The van der Waals surface area contributed by atoms with Crippen LogP contribution in [0.4, 0.5) is 0 Å². The Hall–Kier alpha value is -2.45. The minimum Gasteiger partial charge on any atom is -0.379 e. The summed E-state index contributed by atoms with van der Waals surface area (Å²) in [6, 6.07) is 5.90. The summed E-state index contributed by atoms with van der Waals surface area (Å²) in [4.78, 5) is 30.2. The minimum atomic E-state index is 0.0700. The van der Waals surface area contributed by atoms with Crippen molar-refractivity contribution in [3.8, 4) is 0 Å². The summed E-state index contributed by atoms with van der Waals surface area (Å²) in [6.45, 7) is 7.77. The summed E-state index contributed by atoms with van der Waals surface area (Å²) < 4.78 is 12.6. The van der Waals surface area contributed by atoms with Crippen molar-refractivity contribution in [1.82, 2.24) is 19.5 Å². The van der Waals surface area contributed by atoms with Gasteiger partial charge in [0.05, 0.1) is 25.3 Å². The second-order valence-corrected chi connectivity index (χ2v) is 8.80. The lowest BCUT2D eigenvalue weighted by molar-refractivity contribution is -0.133. The van der Waals surface area contributed by atoms with Gasteiger partial charge in [0.2, 0.25) is 5.91 Å². The summed E-state index contributed by atoms with van der Waals surface area (Å²) in [5.74, 6) is 1.20. The highest BCUT2D eigenvalue weighted by Gasteiger charge is 2.36. The van der Waals surface area contributed by atoms with Gasteiger partial charge in [0.1, 0.15) is 5.76 Å². The normalized spacial score (nSPS) is 24.0. The van der Waals surface area contributed by atoms with Gasteiger partial charge in [0, 0.05) is 62.5 Å². The molecule has 5 rings (SSSR count). The van der Waals surface area contributed by atoms with Crippen LogP contribution in [-0.2, 0) is 29.0 Å². The van der Waals surface area contributed by atoms with Crippen molar-refractivity contribution in [2.75, 3.05) is 39.4 Å². The Kier molecular flexibility index (Phi) is 5.20. The van der Waals surface area contributed by atoms with Crippen LogP contribution in [0, 0.1) is 12.8 Å². The molecule has 0 aliphatic carbocycles. The third-order valence-electron chi connectivity index (χ3n) is 6.54. The van der Waals surface area contributed by atoms with Crippen LogP contribution in [0.3, 0.4) is 0 Å². The van der Waals surface area contributed by atoms with Crippen LogP contribution in [0.2, 0.25) is 0 Å². The van der Waals surface area contributed by atoms with Crippen molar-refractivity contribution in [3.05, 3.63) is 51.3 Å². The van der Waals surface area contributed by atoms with Gasteiger partial charge >= 0.3 is 0 Å². The summed E-state index contributed by atoms with van der Waals surface area (Å²) in [7, 11) is 0. The molecule has 2 saturated heterocycles. The Balaban J connectivity index is 1.32. The number of carbonyl (C=O) groups excluding carboxylic acids is 1. The van der Waals surface area contributed by atoms with Crippen LogP contribution in [0.1, 0.15) is 35.1 Å². The number of ether oxygens (including phenoxy) is 1. The second-order valence-electron chi connectivity index (χ2n) is 8.80. The molecule has 3 aliphatic rings. The van der Waals surface area contributed by atoms with Gasteiger partial charge in [-0.2, -0.15) is 0 Å². The molecular weight excluding hydrogens is 384 g/mol. The summed E-state index contributed by atoms with van der Waals surface area (Å²) in [5, 5.41) is 3.87. The Morgan fingerprint density at radius 2 is 2.03 bits per heavy atom. The van der Waals surface area contributed by atoms with Gasteiger partial charge in [-0.05, 0) is 25.3 Å². The molecule has 3 aliphatic heterocycles. The lowest BCUT2D eigenvalue weighted by Gasteiger charge is -2.43. The van der Waals surface area contributed by atoms with E-state index in [1.165, 1.54) is 0 Å². The largest absolute Gasteiger partial charge is 0.379 e. The van der Waals surface area contributed by atoms with E-state index in [9.17, 15) is 9.59 Å². The molecule has 8 heteroatoms. The van der Waals surface area contributed by atoms with E-state index in [1.807, 2.05) is 28.5 Å². The molecule has 0 radical (unpaired) electrons. The smallest absolute Gasteiger partial charge is 0.255 e. The second kappa shape index (κ2) is 8.00. The summed E-state index contributed by atoms with van der Waals surface area (Å²) >= 11 is 0. The number of aromatic nitrogens is 2. The fourth-order valence-electron chi connectivity index (χ4n) is 5.08. The van der Waals surface area contributed by atoms with Crippen LogP contribution in [0.15, 0.2) is 27.5 Å². The zero-order valence-corrected chi connectivity index (χ0v) is 17.4. The van der Waals surface area contributed by atoms with Gasteiger partial charge < -0.3 is 18.7 Å². The standard InChI is InChI=1S/C22H28N4O4/c1-15-8-19(30-23-15)10-21(27)25-11-16-9-18(14-25)20-3-2-17(22(28)26(20)12-16)13-24-4-6-29-7-5-24/h2-3,8,16,18H,4-7,9-14H2,1H3/t16-,18+/m0/s1. The summed E-state index contributed by atoms with van der Waals surface area (Å²) in [5.41, 5.74) is 2.84. The third-order valence-corrected chi connectivity index (χ3v) is 6.54. The maximum Gasteiger partial charge on any atom is 0.255 e. The number of likely N-dealkylation sites (tertiary alicyclic amines) is 1. The minimum absolute atomic E-state index is 0.0700. The summed E-state index contributed by atoms with van der Waals surface area (Å²) in [6.07, 6.45) is 1.28. The molecule has 2 aromatic heterocycles. The molecule has 2 bridgehead atoms. The molecule has 1 amide bonds. The molecule has 0 unspecified atom stereocenters. The number of morpholine rings is 1. The predicted octanol–water partition coefficient (Wildman–Crippen LogP) is 1.17. The molecule has 2 aromatic rings. The molecule has 160 valence electrons. The number of hydrogen-bond donors (Lipinski definition) is 0. The maximum atomic E-state index is 13.2. The highest BCUT2D eigenvalue weighted by Crippen LogP contribution is 2.35. The van der Waals surface area contributed by atoms with Gasteiger partial charge in [0.25, 0.3) is 5.56 Å². The topological polar surface area (TPSA) is 80.8 Å². The fraction of sp³-hybridized carbons (Fsp3) is 0.591. The van der Waals surface area contributed by atoms with Gasteiger partial charge in [-0.1, -0.05) is 11.2 Å². The number of pyridine rings is 1. The Morgan fingerprint density at radius 1 is 1.20 bits per heavy atom. The molecule has 0 spiro atoms. The fourth-order valence-corrected chi connectivity index (χ4v) is 5.08. The van der Waals surface area contributed by atoms with Gasteiger partial charge in [-0.25, -0.2) is 0 Å². The van der Waals surface area contributed by atoms with Crippen molar-refractivity contribution in [1.29, 1.82) is 0 Å². The molecule has 0 aromatic carbocycles. The lowest BCUT2D eigenvalue weighted by Crippen LogP contribution is -2.50. The zero-order chi connectivity index (χ0) is 20.7. The lowest BCUT2D eigenvalue weighted by atomic mass is 9.82. The highest BCUT2D eigenvalue weighted by molar-refractivity contribution is 5.78. The van der Waals surface area contributed by atoms with Crippen molar-refractivity contribution in [2.45, 2.75) is 38.8 Å². The first kappa shape index (κ1) is 19.5. The molecule has 2 atom stereocenters. The molecule has 0 N–H and O–H groups in total. The number of carbonyl (C=O) groups is 1. The third kappa shape index (κ3) is 3.81. The van der Waals surface area contributed by atoms with E-state index in [-0.39, 0.29) is 23.8 Å². The predicted molar refractivity (Wildman–Crippen MR) is 109 cm³/mol. The number of aryl methyl sites for hydroxylation is 1. The zero-order valence-electron chi connectivity index (χ0n) is 17.4. The van der Waals surface area contributed by atoms with Crippen LogP contribution >= 0.6 is 0 Å².